The number of methoxy groups -OCH3 is 1. The van der Waals surface area contributed by atoms with Crippen molar-refractivity contribution in [3.63, 3.8) is 0 Å². The van der Waals surface area contributed by atoms with Crippen LogP contribution in [0.25, 0.3) is 11.3 Å². The fraction of sp³-hybridized carbons (Fsp3) is 0.304. The molecule has 1 aromatic heterocycles. The van der Waals surface area contributed by atoms with Crippen molar-refractivity contribution >= 4 is 11.8 Å². The smallest absolute Gasteiger partial charge is 0.225 e. The van der Waals surface area contributed by atoms with Crippen LogP contribution in [0.3, 0.4) is 0 Å². The zero-order valence-electron chi connectivity index (χ0n) is 16.8. The third-order valence-electron chi connectivity index (χ3n) is 4.32. The molecule has 5 nitrogen and oxygen atoms in total. The highest BCUT2D eigenvalue weighted by Crippen LogP contribution is 2.21. The minimum absolute atomic E-state index is 0.522. The maximum atomic E-state index is 5.30. The zero-order valence-corrected chi connectivity index (χ0v) is 16.8. The topological polar surface area (TPSA) is 59.1 Å². The van der Waals surface area contributed by atoms with Crippen molar-refractivity contribution in [2.45, 2.75) is 20.3 Å². The zero-order chi connectivity index (χ0) is 19.8. The van der Waals surface area contributed by atoms with Gasteiger partial charge in [-0.15, -0.1) is 0 Å². The number of rotatable bonds is 9. The van der Waals surface area contributed by atoms with Gasteiger partial charge in [-0.05, 0) is 30.0 Å². The first-order valence-electron chi connectivity index (χ1n) is 9.69. The molecule has 0 aliphatic heterocycles. The van der Waals surface area contributed by atoms with Crippen LogP contribution >= 0.6 is 0 Å². The number of hydrogen-bond acceptors (Lipinski definition) is 5. The number of ether oxygens (including phenoxy) is 1. The lowest BCUT2D eigenvalue weighted by molar-refractivity contribution is 0.414. The summed E-state index contributed by atoms with van der Waals surface area (Å²) in [6.07, 6.45) is 0.886. The number of aromatic nitrogens is 2. The van der Waals surface area contributed by atoms with Gasteiger partial charge in [-0.3, -0.25) is 0 Å². The molecule has 0 saturated heterocycles. The van der Waals surface area contributed by atoms with Gasteiger partial charge in [0.25, 0.3) is 0 Å². The van der Waals surface area contributed by atoms with E-state index in [0.29, 0.717) is 11.9 Å². The maximum absolute atomic E-state index is 5.30. The summed E-state index contributed by atoms with van der Waals surface area (Å²) in [6, 6.07) is 20.3. The highest BCUT2D eigenvalue weighted by atomic mass is 16.5. The fourth-order valence-electron chi connectivity index (χ4n) is 2.83. The Labute approximate surface area is 167 Å². The Kier molecular flexibility index (Phi) is 6.84. The van der Waals surface area contributed by atoms with Gasteiger partial charge in [0.05, 0.1) is 12.8 Å². The molecule has 0 atom stereocenters. The van der Waals surface area contributed by atoms with Gasteiger partial charge in [-0.25, -0.2) is 4.98 Å². The van der Waals surface area contributed by atoms with Crippen LogP contribution in [0.15, 0.2) is 60.7 Å². The SMILES string of the molecule is COc1cccc(CCNc2cc(-c3ccccc3)nc(NCC(C)C)n2)c1. The van der Waals surface area contributed by atoms with E-state index >= 15 is 0 Å². The molecule has 0 saturated carbocycles. The molecule has 1 heterocycles. The normalized spacial score (nSPS) is 10.7. The van der Waals surface area contributed by atoms with E-state index in [4.69, 9.17) is 4.74 Å². The van der Waals surface area contributed by atoms with Crippen LogP contribution in [0.2, 0.25) is 0 Å². The van der Waals surface area contributed by atoms with E-state index in [-0.39, 0.29) is 0 Å². The number of nitrogens with one attached hydrogen (secondary N) is 2. The molecule has 0 radical (unpaired) electrons. The van der Waals surface area contributed by atoms with Crippen molar-refractivity contribution in [2.75, 3.05) is 30.8 Å². The Morgan fingerprint density at radius 2 is 1.75 bits per heavy atom. The monoisotopic (exact) mass is 376 g/mol. The van der Waals surface area contributed by atoms with Gasteiger partial charge in [0, 0.05) is 24.7 Å². The van der Waals surface area contributed by atoms with Gasteiger partial charge >= 0.3 is 0 Å². The second-order valence-corrected chi connectivity index (χ2v) is 7.13. The second kappa shape index (κ2) is 9.74. The summed E-state index contributed by atoms with van der Waals surface area (Å²) in [4.78, 5) is 9.32. The van der Waals surface area contributed by atoms with Gasteiger partial charge in [-0.2, -0.15) is 4.98 Å². The molecular weight excluding hydrogens is 348 g/mol. The molecule has 3 rings (SSSR count). The van der Waals surface area contributed by atoms with Crippen molar-refractivity contribution in [3.8, 4) is 17.0 Å². The second-order valence-electron chi connectivity index (χ2n) is 7.13. The van der Waals surface area contributed by atoms with Gasteiger partial charge in [0.2, 0.25) is 5.95 Å². The fourth-order valence-corrected chi connectivity index (χ4v) is 2.83. The number of nitrogens with zero attached hydrogens (tertiary/aromatic N) is 2. The lowest BCUT2D eigenvalue weighted by atomic mass is 10.1. The quantitative estimate of drug-likeness (QED) is 0.558. The average Bonchev–Trinajstić information content (AvgIpc) is 2.73. The van der Waals surface area contributed by atoms with Crippen LogP contribution < -0.4 is 15.4 Å². The standard InChI is InChI=1S/C23H28N4O/c1-17(2)16-25-23-26-21(19-9-5-4-6-10-19)15-22(27-23)24-13-12-18-8-7-11-20(14-18)28-3/h4-11,14-15,17H,12-13,16H2,1-3H3,(H2,24,25,26,27). The third-order valence-corrected chi connectivity index (χ3v) is 4.32. The number of anilines is 2. The molecule has 146 valence electrons. The van der Waals surface area contributed by atoms with E-state index < -0.39 is 0 Å². The Morgan fingerprint density at radius 3 is 2.50 bits per heavy atom. The molecule has 0 fully saturated rings. The van der Waals surface area contributed by atoms with E-state index in [1.807, 2.05) is 36.4 Å². The molecule has 5 heteroatoms. The van der Waals surface area contributed by atoms with Crippen molar-refractivity contribution in [1.29, 1.82) is 0 Å². The third kappa shape index (κ3) is 5.71. The lowest BCUT2D eigenvalue weighted by Crippen LogP contribution is -2.13. The predicted molar refractivity (Wildman–Crippen MR) is 116 cm³/mol. The number of benzene rings is 2. The first-order chi connectivity index (χ1) is 13.6. The first-order valence-corrected chi connectivity index (χ1v) is 9.69. The molecule has 0 aliphatic carbocycles. The lowest BCUT2D eigenvalue weighted by Gasteiger charge is -2.13. The van der Waals surface area contributed by atoms with Crippen LogP contribution in [0.4, 0.5) is 11.8 Å². The summed E-state index contributed by atoms with van der Waals surface area (Å²) in [5.74, 6) is 2.88. The van der Waals surface area contributed by atoms with Crippen molar-refractivity contribution < 1.29 is 4.74 Å². The van der Waals surface area contributed by atoms with E-state index in [1.54, 1.807) is 7.11 Å². The van der Waals surface area contributed by atoms with E-state index in [2.05, 4.69) is 58.7 Å². The summed E-state index contributed by atoms with van der Waals surface area (Å²) in [7, 11) is 1.69. The number of hydrogen-bond donors (Lipinski definition) is 2. The van der Waals surface area contributed by atoms with Gasteiger partial charge < -0.3 is 15.4 Å². The van der Waals surface area contributed by atoms with Crippen LogP contribution in [0, 0.1) is 5.92 Å². The molecule has 0 bridgehead atoms. The summed E-state index contributed by atoms with van der Waals surface area (Å²) < 4.78 is 5.30. The first kappa shape index (κ1) is 19.7. The van der Waals surface area contributed by atoms with Gasteiger partial charge in [-0.1, -0.05) is 56.3 Å². The van der Waals surface area contributed by atoms with Gasteiger partial charge in [0.15, 0.2) is 0 Å². The molecule has 3 aromatic rings. The predicted octanol–water partition coefficient (Wildman–Crippen LogP) is 4.87. The van der Waals surface area contributed by atoms with Crippen molar-refractivity contribution in [1.82, 2.24) is 9.97 Å². The summed E-state index contributed by atoms with van der Waals surface area (Å²) in [5.41, 5.74) is 3.21. The minimum Gasteiger partial charge on any atom is -0.497 e. The maximum Gasteiger partial charge on any atom is 0.225 e. The summed E-state index contributed by atoms with van der Waals surface area (Å²) >= 11 is 0. The molecule has 0 amide bonds. The molecule has 2 aromatic carbocycles. The van der Waals surface area contributed by atoms with E-state index in [0.717, 1.165) is 42.3 Å². The van der Waals surface area contributed by atoms with Crippen LogP contribution in [-0.2, 0) is 6.42 Å². The van der Waals surface area contributed by atoms with Crippen LogP contribution in [0.1, 0.15) is 19.4 Å². The average molecular weight is 377 g/mol. The van der Waals surface area contributed by atoms with Crippen molar-refractivity contribution in [2.24, 2.45) is 5.92 Å². The molecular formula is C23H28N4O. The Bertz CT molecular complexity index is 881. The Balaban J connectivity index is 1.73. The summed E-state index contributed by atoms with van der Waals surface area (Å²) in [5, 5.41) is 6.78. The molecule has 0 aliphatic rings. The van der Waals surface area contributed by atoms with E-state index in [9.17, 15) is 0 Å². The molecule has 28 heavy (non-hydrogen) atoms. The highest BCUT2D eigenvalue weighted by molar-refractivity contribution is 5.64. The molecule has 0 spiro atoms. The highest BCUT2D eigenvalue weighted by Gasteiger charge is 2.07. The molecule has 0 unspecified atom stereocenters. The van der Waals surface area contributed by atoms with E-state index in [1.165, 1.54) is 5.56 Å². The Hall–Kier alpha value is -3.08. The van der Waals surface area contributed by atoms with Crippen molar-refractivity contribution in [3.05, 3.63) is 66.2 Å². The largest absolute Gasteiger partial charge is 0.497 e. The minimum atomic E-state index is 0.522. The van der Waals surface area contributed by atoms with Gasteiger partial charge in [0.1, 0.15) is 11.6 Å². The van der Waals surface area contributed by atoms with Crippen LogP contribution in [0.5, 0.6) is 5.75 Å². The Morgan fingerprint density at radius 1 is 0.929 bits per heavy atom. The summed E-state index contributed by atoms with van der Waals surface area (Å²) in [6.45, 7) is 5.95. The molecule has 2 N–H and O–H groups in total. The van der Waals surface area contributed by atoms with Crippen LogP contribution in [-0.4, -0.2) is 30.2 Å².